The Morgan fingerprint density at radius 3 is 1.60 bits per heavy atom. The van der Waals surface area contributed by atoms with E-state index in [4.69, 9.17) is 0 Å². The van der Waals surface area contributed by atoms with Gasteiger partial charge in [-0.25, -0.2) is 0 Å². The van der Waals surface area contributed by atoms with Gasteiger partial charge >= 0.3 is 0 Å². The maximum Gasteiger partial charge on any atom is 0.234 e. The molecule has 0 aliphatic heterocycles. The second kappa shape index (κ2) is 9.40. The van der Waals surface area contributed by atoms with Crippen molar-refractivity contribution in [2.45, 2.75) is 13.8 Å². The maximum absolute atomic E-state index is 12.0. The minimum absolute atomic E-state index is 0.126. The highest BCUT2D eigenvalue weighted by atomic mass is 79.9. The van der Waals surface area contributed by atoms with Gasteiger partial charge in [0.2, 0.25) is 11.8 Å². The zero-order chi connectivity index (χ0) is 18.4. The van der Waals surface area contributed by atoms with Gasteiger partial charge in [-0.05, 0) is 61.4 Å². The maximum atomic E-state index is 12.0. The van der Waals surface area contributed by atoms with Crippen molar-refractivity contribution < 1.29 is 9.59 Å². The summed E-state index contributed by atoms with van der Waals surface area (Å²) in [6.07, 6.45) is 0. The number of halogens is 2. The van der Waals surface area contributed by atoms with Crippen molar-refractivity contribution in [2.24, 2.45) is 0 Å². The number of carbonyl (C=O) groups is 2. The van der Waals surface area contributed by atoms with Gasteiger partial charge in [0.1, 0.15) is 0 Å². The van der Waals surface area contributed by atoms with Crippen molar-refractivity contribution >= 4 is 66.8 Å². The fraction of sp³-hybridized carbons (Fsp3) is 0.222. The van der Waals surface area contributed by atoms with Crippen LogP contribution in [-0.4, -0.2) is 23.3 Å². The van der Waals surface area contributed by atoms with Gasteiger partial charge in [0.15, 0.2) is 0 Å². The molecule has 0 saturated heterocycles. The number of amides is 2. The van der Waals surface area contributed by atoms with E-state index in [1.54, 1.807) is 0 Å². The lowest BCUT2D eigenvalue weighted by atomic mass is 10.2. The molecule has 0 heterocycles. The van der Waals surface area contributed by atoms with Gasteiger partial charge in [-0.15, -0.1) is 11.8 Å². The average Bonchev–Trinajstić information content (AvgIpc) is 2.54. The van der Waals surface area contributed by atoms with E-state index in [0.717, 1.165) is 31.4 Å². The number of thioether (sulfide) groups is 1. The van der Waals surface area contributed by atoms with Crippen molar-refractivity contribution in [3.63, 3.8) is 0 Å². The first-order chi connectivity index (χ1) is 11.8. The molecule has 0 aliphatic rings. The van der Waals surface area contributed by atoms with Crippen LogP contribution in [0.3, 0.4) is 0 Å². The topological polar surface area (TPSA) is 58.2 Å². The van der Waals surface area contributed by atoms with Gasteiger partial charge in [0, 0.05) is 20.3 Å². The Labute approximate surface area is 168 Å². The van der Waals surface area contributed by atoms with Gasteiger partial charge in [0.25, 0.3) is 0 Å². The summed E-state index contributed by atoms with van der Waals surface area (Å²) >= 11 is 8.13. The Morgan fingerprint density at radius 1 is 0.840 bits per heavy atom. The van der Waals surface area contributed by atoms with E-state index >= 15 is 0 Å². The molecule has 2 aromatic carbocycles. The lowest BCUT2D eigenvalue weighted by molar-refractivity contribution is -0.114. The third-order valence-corrected chi connectivity index (χ3v) is 6.06. The molecule has 0 saturated carbocycles. The van der Waals surface area contributed by atoms with Crippen LogP contribution in [0.15, 0.2) is 45.3 Å². The minimum atomic E-state index is -0.126. The number of nitrogens with one attached hydrogen (secondary N) is 2. The fourth-order valence-corrected chi connectivity index (χ4v) is 3.19. The minimum Gasteiger partial charge on any atom is -0.325 e. The molecule has 0 aliphatic carbocycles. The molecule has 2 N–H and O–H groups in total. The van der Waals surface area contributed by atoms with E-state index in [0.29, 0.717) is 0 Å². The Kier molecular flexibility index (Phi) is 7.53. The van der Waals surface area contributed by atoms with Crippen LogP contribution in [0.5, 0.6) is 0 Å². The van der Waals surface area contributed by atoms with E-state index < -0.39 is 0 Å². The number of benzene rings is 2. The molecular weight excluding hydrogens is 468 g/mol. The third kappa shape index (κ3) is 6.49. The molecule has 0 spiro atoms. The summed E-state index contributed by atoms with van der Waals surface area (Å²) in [4.78, 5) is 23.9. The van der Waals surface area contributed by atoms with E-state index in [1.807, 2.05) is 50.2 Å². The molecule has 25 heavy (non-hydrogen) atoms. The van der Waals surface area contributed by atoms with Gasteiger partial charge < -0.3 is 10.6 Å². The standard InChI is InChI=1S/C18H18Br2N2O2S/c1-11-7-13(3-5-15(11)19)21-17(23)9-25-10-18(24)22-14-4-6-16(20)12(2)8-14/h3-8H,9-10H2,1-2H3,(H,21,23)(H,22,24). The Balaban J connectivity index is 1.75. The summed E-state index contributed by atoms with van der Waals surface area (Å²) in [6.45, 7) is 3.92. The SMILES string of the molecule is Cc1cc(NC(=O)CSCC(=O)Nc2ccc(Br)c(C)c2)ccc1Br. The molecule has 2 amide bonds. The molecule has 0 aromatic heterocycles. The highest BCUT2D eigenvalue weighted by molar-refractivity contribution is 9.10. The van der Waals surface area contributed by atoms with Crippen LogP contribution in [0.4, 0.5) is 11.4 Å². The second-order valence-electron chi connectivity index (χ2n) is 5.52. The molecule has 2 aromatic rings. The normalized spacial score (nSPS) is 10.4. The van der Waals surface area contributed by atoms with Crippen molar-refractivity contribution in [3.05, 3.63) is 56.5 Å². The van der Waals surface area contributed by atoms with Crippen molar-refractivity contribution in [1.82, 2.24) is 0 Å². The molecule has 7 heteroatoms. The number of anilines is 2. The molecule has 0 unspecified atom stereocenters. The number of aryl methyl sites for hydroxylation is 2. The predicted octanol–water partition coefficient (Wildman–Crippen LogP) is 5.14. The van der Waals surface area contributed by atoms with Crippen LogP contribution in [0.25, 0.3) is 0 Å². The first-order valence-corrected chi connectivity index (χ1v) is 10.3. The molecule has 132 valence electrons. The van der Waals surface area contributed by atoms with Gasteiger partial charge in [-0.3, -0.25) is 9.59 Å². The van der Waals surface area contributed by atoms with Crippen LogP contribution >= 0.6 is 43.6 Å². The van der Waals surface area contributed by atoms with Crippen molar-refractivity contribution in [2.75, 3.05) is 22.1 Å². The molecule has 0 fully saturated rings. The van der Waals surface area contributed by atoms with Gasteiger partial charge in [-0.1, -0.05) is 31.9 Å². The zero-order valence-electron chi connectivity index (χ0n) is 13.9. The summed E-state index contributed by atoms with van der Waals surface area (Å²) in [5.74, 6) is 0.196. The molecule has 0 bridgehead atoms. The molecule has 0 atom stereocenters. The van der Waals surface area contributed by atoms with Crippen molar-refractivity contribution in [1.29, 1.82) is 0 Å². The largest absolute Gasteiger partial charge is 0.325 e. The Hall–Kier alpha value is -1.31. The van der Waals surface area contributed by atoms with Gasteiger partial charge in [0.05, 0.1) is 11.5 Å². The van der Waals surface area contributed by atoms with Crippen LogP contribution in [0, 0.1) is 13.8 Å². The summed E-state index contributed by atoms with van der Waals surface area (Å²) in [5, 5.41) is 5.66. The van der Waals surface area contributed by atoms with E-state index in [1.165, 1.54) is 11.8 Å². The third-order valence-electron chi connectivity index (χ3n) is 3.35. The Bertz CT molecular complexity index is 731. The van der Waals surface area contributed by atoms with E-state index in [2.05, 4.69) is 42.5 Å². The number of carbonyl (C=O) groups excluding carboxylic acids is 2. The predicted molar refractivity (Wildman–Crippen MR) is 112 cm³/mol. The monoisotopic (exact) mass is 484 g/mol. The number of hydrogen-bond donors (Lipinski definition) is 2. The lowest BCUT2D eigenvalue weighted by Crippen LogP contribution is -2.18. The molecular formula is C18H18Br2N2O2S. The van der Waals surface area contributed by atoms with E-state index in [-0.39, 0.29) is 23.3 Å². The summed E-state index contributed by atoms with van der Waals surface area (Å²) in [7, 11) is 0. The second-order valence-corrected chi connectivity index (χ2v) is 8.21. The number of hydrogen-bond acceptors (Lipinski definition) is 3. The molecule has 2 rings (SSSR count). The Morgan fingerprint density at radius 2 is 1.24 bits per heavy atom. The van der Waals surface area contributed by atoms with Crippen LogP contribution in [0.2, 0.25) is 0 Å². The first-order valence-electron chi connectivity index (χ1n) is 7.55. The summed E-state index contributed by atoms with van der Waals surface area (Å²) in [6, 6.07) is 11.3. The number of rotatable bonds is 6. The molecule has 0 radical (unpaired) electrons. The van der Waals surface area contributed by atoms with Gasteiger partial charge in [-0.2, -0.15) is 0 Å². The van der Waals surface area contributed by atoms with Crippen LogP contribution in [0.1, 0.15) is 11.1 Å². The first kappa shape index (κ1) is 20.0. The van der Waals surface area contributed by atoms with Crippen LogP contribution in [-0.2, 0) is 9.59 Å². The smallest absolute Gasteiger partial charge is 0.234 e. The van der Waals surface area contributed by atoms with Crippen LogP contribution < -0.4 is 10.6 Å². The lowest BCUT2D eigenvalue weighted by Gasteiger charge is -2.08. The highest BCUT2D eigenvalue weighted by Crippen LogP contribution is 2.21. The summed E-state index contributed by atoms with van der Waals surface area (Å²) < 4.78 is 2.00. The highest BCUT2D eigenvalue weighted by Gasteiger charge is 2.08. The fourth-order valence-electron chi connectivity index (χ4n) is 2.08. The average molecular weight is 486 g/mol. The zero-order valence-corrected chi connectivity index (χ0v) is 17.8. The quantitative estimate of drug-likeness (QED) is 0.595. The van der Waals surface area contributed by atoms with Crippen molar-refractivity contribution in [3.8, 4) is 0 Å². The van der Waals surface area contributed by atoms with E-state index in [9.17, 15) is 9.59 Å². The summed E-state index contributed by atoms with van der Waals surface area (Å²) in [5.41, 5.74) is 3.60. The molecule has 4 nitrogen and oxygen atoms in total.